The third kappa shape index (κ3) is 4.73. The Morgan fingerprint density at radius 1 is 1.23 bits per heavy atom. The molecule has 1 aliphatic heterocycles. The quantitative estimate of drug-likeness (QED) is 0.405. The number of nitrogens with one attached hydrogen (secondary N) is 1. The molecule has 0 aromatic heterocycles. The van der Waals surface area contributed by atoms with Crippen molar-refractivity contribution in [1.82, 2.24) is 5.32 Å². The maximum Gasteiger partial charge on any atom is 0.264 e. The lowest BCUT2D eigenvalue weighted by Crippen LogP contribution is -2.19. The van der Waals surface area contributed by atoms with E-state index >= 15 is 0 Å². The Hall–Kier alpha value is -1.22. The molecule has 0 atom stereocenters. The lowest BCUT2D eigenvalue weighted by molar-refractivity contribution is -0.115. The van der Waals surface area contributed by atoms with E-state index in [1.54, 1.807) is 18.2 Å². The first kappa shape index (κ1) is 19.5. The van der Waals surface area contributed by atoms with Crippen molar-refractivity contribution < 1.29 is 9.53 Å². The molecule has 1 saturated heterocycles. The first-order chi connectivity index (χ1) is 12.5. The highest BCUT2D eigenvalue weighted by Crippen LogP contribution is 2.31. The Labute approximate surface area is 179 Å². The normalized spacial score (nSPS) is 17.0. The Morgan fingerprint density at radius 2 is 2.04 bits per heavy atom. The molecule has 0 radical (unpaired) electrons. The van der Waals surface area contributed by atoms with Crippen LogP contribution in [0.15, 0.2) is 46.3 Å². The fourth-order valence-corrected chi connectivity index (χ4v) is 4.01. The molecular formula is C18H13Cl2IN2O2S. The molecule has 4 nitrogen and oxygen atoms in total. The summed E-state index contributed by atoms with van der Waals surface area (Å²) < 4.78 is 6.52. The van der Waals surface area contributed by atoms with Gasteiger partial charge in [0.25, 0.3) is 5.91 Å². The second-order valence-corrected chi connectivity index (χ2v) is 8.21. The number of aliphatic imine (C=N–C) groups is 1. The number of thioether (sulfide) groups is 1. The van der Waals surface area contributed by atoms with Crippen molar-refractivity contribution in [1.29, 1.82) is 0 Å². The number of halogens is 3. The molecule has 0 aliphatic carbocycles. The summed E-state index contributed by atoms with van der Waals surface area (Å²) in [6, 6.07) is 10.9. The van der Waals surface area contributed by atoms with Crippen molar-refractivity contribution in [2.75, 3.05) is 6.61 Å². The Morgan fingerprint density at radius 3 is 2.73 bits per heavy atom. The molecule has 26 heavy (non-hydrogen) atoms. The number of nitrogens with zero attached hydrogens (tertiary/aromatic N) is 1. The van der Waals surface area contributed by atoms with Crippen LogP contribution in [0.3, 0.4) is 0 Å². The van der Waals surface area contributed by atoms with E-state index < -0.39 is 0 Å². The lowest BCUT2D eigenvalue weighted by Gasteiger charge is -2.06. The van der Waals surface area contributed by atoms with Crippen LogP contribution in [-0.2, 0) is 4.79 Å². The minimum absolute atomic E-state index is 0.183. The van der Waals surface area contributed by atoms with Gasteiger partial charge in [-0.05, 0) is 83.2 Å². The minimum atomic E-state index is -0.183. The Balaban J connectivity index is 1.81. The van der Waals surface area contributed by atoms with Gasteiger partial charge >= 0.3 is 0 Å². The van der Waals surface area contributed by atoms with E-state index in [1.807, 2.05) is 31.2 Å². The van der Waals surface area contributed by atoms with Gasteiger partial charge in [0.2, 0.25) is 0 Å². The van der Waals surface area contributed by atoms with Gasteiger partial charge in [-0.2, -0.15) is 0 Å². The highest BCUT2D eigenvalue weighted by atomic mass is 127. The predicted molar refractivity (Wildman–Crippen MR) is 118 cm³/mol. The molecule has 0 bridgehead atoms. The third-order valence-corrected chi connectivity index (χ3v) is 5.83. The smallest absolute Gasteiger partial charge is 0.264 e. The van der Waals surface area contributed by atoms with Crippen molar-refractivity contribution in [3.63, 3.8) is 0 Å². The van der Waals surface area contributed by atoms with E-state index in [0.717, 1.165) is 14.9 Å². The van der Waals surface area contributed by atoms with Crippen LogP contribution in [0.5, 0.6) is 5.75 Å². The van der Waals surface area contributed by atoms with E-state index in [-0.39, 0.29) is 5.91 Å². The van der Waals surface area contributed by atoms with Crippen molar-refractivity contribution in [3.05, 3.63) is 60.5 Å². The van der Waals surface area contributed by atoms with E-state index in [2.05, 4.69) is 32.9 Å². The number of hydrogen-bond donors (Lipinski definition) is 1. The highest BCUT2D eigenvalue weighted by Gasteiger charge is 2.24. The van der Waals surface area contributed by atoms with E-state index in [1.165, 1.54) is 11.8 Å². The zero-order valence-corrected chi connectivity index (χ0v) is 18.0. The molecule has 1 heterocycles. The number of ether oxygens (including phenoxy) is 1. The van der Waals surface area contributed by atoms with Crippen molar-refractivity contribution in [3.8, 4) is 5.75 Å². The maximum absolute atomic E-state index is 12.2. The van der Waals surface area contributed by atoms with Crippen molar-refractivity contribution in [2.24, 2.45) is 4.99 Å². The molecule has 1 fully saturated rings. The fraction of sp³-hybridized carbons (Fsp3) is 0.111. The number of carbonyl (C=O) groups excluding carboxylic acids is 1. The largest absolute Gasteiger partial charge is 0.493 e. The molecule has 2 aromatic carbocycles. The van der Waals surface area contributed by atoms with Crippen LogP contribution < -0.4 is 10.1 Å². The van der Waals surface area contributed by atoms with Gasteiger partial charge in [0, 0.05) is 0 Å². The first-order valence-corrected chi connectivity index (χ1v) is 10.3. The Kier molecular flexibility index (Phi) is 6.50. The lowest BCUT2D eigenvalue weighted by atomic mass is 10.2. The summed E-state index contributed by atoms with van der Waals surface area (Å²) in [5.74, 6) is 0.651. The third-order valence-electron chi connectivity index (χ3n) is 3.34. The highest BCUT2D eigenvalue weighted by molar-refractivity contribution is 14.1. The van der Waals surface area contributed by atoms with Crippen molar-refractivity contribution >= 4 is 80.4 Å². The van der Waals surface area contributed by atoms with Gasteiger partial charge in [-0.15, -0.1) is 0 Å². The summed E-state index contributed by atoms with van der Waals surface area (Å²) in [7, 11) is 0. The van der Waals surface area contributed by atoms with Gasteiger partial charge in [-0.1, -0.05) is 29.3 Å². The second kappa shape index (κ2) is 8.65. The summed E-state index contributed by atoms with van der Waals surface area (Å²) in [4.78, 5) is 17.2. The number of rotatable bonds is 4. The molecule has 134 valence electrons. The van der Waals surface area contributed by atoms with Crippen LogP contribution in [0.4, 0.5) is 5.69 Å². The molecule has 0 spiro atoms. The van der Waals surface area contributed by atoms with Gasteiger partial charge in [0.1, 0.15) is 5.75 Å². The van der Waals surface area contributed by atoms with Gasteiger partial charge in [-0.25, -0.2) is 4.99 Å². The number of amidine groups is 1. The summed E-state index contributed by atoms with van der Waals surface area (Å²) in [5.41, 5.74) is 1.55. The second-order valence-electron chi connectivity index (χ2n) is 5.20. The summed E-state index contributed by atoms with van der Waals surface area (Å²) in [6.45, 7) is 2.56. The summed E-state index contributed by atoms with van der Waals surface area (Å²) in [5, 5.41) is 4.14. The monoisotopic (exact) mass is 518 g/mol. The van der Waals surface area contributed by atoms with Crippen LogP contribution in [0.25, 0.3) is 6.08 Å². The predicted octanol–water partition coefficient (Wildman–Crippen LogP) is 5.89. The molecule has 1 aliphatic rings. The van der Waals surface area contributed by atoms with Crippen LogP contribution in [0, 0.1) is 3.57 Å². The standard InChI is InChI=1S/C18H13Cl2IN2O2S/c1-2-25-15-6-3-10(7-14(15)21)8-16-17(24)23-18(26-16)22-11-4-5-12(19)13(20)9-11/h3-9H,2H2,1H3,(H,22,23,24)/b16-8-. The minimum Gasteiger partial charge on any atom is -0.493 e. The molecular weight excluding hydrogens is 506 g/mol. The van der Waals surface area contributed by atoms with Crippen LogP contribution in [0.1, 0.15) is 12.5 Å². The fourth-order valence-electron chi connectivity index (χ4n) is 2.18. The maximum atomic E-state index is 12.2. The molecule has 0 saturated carbocycles. The summed E-state index contributed by atoms with van der Waals surface area (Å²) in [6.07, 6.45) is 1.83. The van der Waals surface area contributed by atoms with Crippen LogP contribution in [-0.4, -0.2) is 17.7 Å². The molecule has 1 N–H and O–H groups in total. The number of benzene rings is 2. The average molecular weight is 519 g/mol. The zero-order chi connectivity index (χ0) is 18.7. The number of amides is 1. The van der Waals surface area contributed by atoms with Gasteiger partial charge < -0.3 is 10.1 Å². The van der Waals surface area contributed by atoms with Gasteiger partial charge in [-0.3, -0.25) is 4.79 Å². The van der Waals surface area contributed by atoms with Crippen LogP contribution in [0.2, 0.25) is 10.0 Å². The average Bonchev–Trinajstić information content (AvgIpc) is 2.93. The molecule has 1 amide bonds. The molecule has 3 rings (SSSR count). The number of carbonyl (C=O) groups is 1. The summed E-state index contributed by atoms with van der Waals surface area (Å²) >= 11 is 15.4. The molecule has 0 unspecified atom stereocenters. The molecule has 2 aromatic rings. The van der Waals surface area contributed by atoms with Gasteiger partial charge in [0.15, 0.2) is 5.17 Å². The number of hydrogen-bond acceptors (Lipinski definition) is 4. The molecule has 8 heteroatoms. The van der Waals surface area contributed by atoms with Gasteiger partial charge in [0.05, 0.1) is 30.8 Å². The van der Waals surface area contributed by atoms with Crippen molar-refractivity contribution in [2.45, 2.75) is 6.92 Å². The zero-order valence-electron chi connectivity index (χ0n) is 13.6. The van der Waals surface area contributed by atoms with E-state index in [9.17, 15) is 4.79 Å². The Bertz CT molecular complexity index is 931. The first-order valence-electron chi connectivity index (χ1n) is 7.63. The topological polar surface area (TPSA) is 50.7 Å². The van der Waals surface area contributed by atoms with Crippen LogP contribution >= 0.6 is 57.6 Å². The SMILES string of the molecule is CCOc1ccc(/C=C2\SC(=Nc3ccc(Cl)c(Cl)c3)NC2=O)cc1I. The van der Waals surface area contributed by atoms with E-state index in [4.69, 9.17) is 27.9 Å². The van der Waals surface area contributed by atoms with E-state index in [0.29, 0.717) is 32.4 Å².